The summed E-state index contributed by atoms with van der Waals surface area (Å²) in [6.45, 7) is 6.01. The van der Waals surface area contributed by atoms with E-state index in [9.17, 15) is 5.11 Å². The van der Waals surface area contributed by atoms with E-state index in [0.717, 1.165) is 38.6 Å². The molecule has 0 radical (unpaired) electrons. The monoisotopic (exact) mass is 184 g/mol. The first-order valence-electron chi connectivity index (χ1n) is 5.34. The summed E-state index contributed by atoms with van der Waals surface area (Å²) in [6, 6.07) is 0.808. The zero-order valence-electron chi connectivity index (χ0n) is 8.42. The molecule has 13 heavy (non-hydrogen) atoms. The van der Waals surface area contributed by atoms with Crippen molar-refractivity contribution in [2.75, 3.05) is 26.2 Å². The highest BCUT2D eigenvalue weighted by Crippen LogP contribution is 2.20. The molecule has 2 fully saturated rings. The van der Waals surface area contributed by atoms with Gasteiger partial charge in [0.15, 0.2) is 0 Å². The van der Waals surface area contributed by atoms with E-state index in [0.29, 0.717) is 0 Å². The Balaban J connectivity index is 1.59. The molecular formula is C10H20N2O. The average Bonchev–Trinajstić information content (AvgIpc) is 2.78. The van der Waals surface area contributed by atoms with Crippen LogP contribution in [-0.4, -0.2) is 47.8 Å². The standard InChI is InChI=1S/C10H20N2O/c1-10(13)4-6-12(8-10)7-5-11-9-2-3-9/h9,11,13H,2-8H2,1H3. The van der Waals surface area contributed by atoms with E-state index in [4.69, 9.17) is 0 Å². The van der Waals surface area contributed by atoms with Crippen LogP contribution in [-0.2, 0) is 0 Å². The van der Waals surface area contributed by atoms with Crippen molar-refractivity contribution in [1.29, 1.82) is 0 Å². The minimum absolute atomic E-state index is 0.431. The molecule has 0 aromatic rings. The van der Waals surface area contributed by atoms with Crippen molar-refractivity contribution in [1.82, 2.24) is 10.2 Å². The summed E-state index contributed by atoms with van der Waals surface area (Å²) < 4.78 is 0. The maximum absolute atomic E-state index is 9.72. The number of hydrogen-bond donors (Lipinski definition) is 2. The van der Waals surface area contributed by atoms with Crippen LogP contribution in [0.3, 0.4) is 0 Å². The van der Waals surface area contributed by atoms with Crippen LogP contribution in [0.5, 0.6) is 0 Å². The quantitative estimate of drug-likeness (QED) is 0.655. The average molecular weight is 184 g/mol. The number of likely N-dealkylation sites (tertiary alicyclic amines) is 1. The number of hydrogen-bond acceptors (Lipinski definition) is 3. The summed E-state index contributed by atoms with van der Waals surface area (Å²) in [4.78, 5) is 2.34. The number of nitrogens with one attached hydrogen (secondary N) is 1. The van der Waals surface area contributed by atoms with Crippen molar-refractivity contribution in [2.45, 2.75) is 37.8 Å². The molecule has 1 saturated heterocycles. The molecule has 1 atom stereocenters. The lowest BCUT2D eigenvalue weighted by molar-refractivity contribution is 0.0689. The Kier molecular flexibility index (Phi) is 2.58. The molecule has 1 aliphatic heterocycles. The Morgan fingerprint density at radius 3 is 2.85 bits per heavy atom. The maximum Gasteiger partial charge on any atom is 0.0758 e. The second-order valence-electron chi connectivity index (χ2n) is 4.75. The van der Waals surface area contributed by atoms with Crippen LogP contribution in [0.25, 0.3) is 0 Å². The smallest absolute Gasteiger partial charge is 0.0758 e. The van der Waals surface area contributed by atoms with Gasteiger partial charge in [-0.1, -0.05) is 0 Å². The van der Waals surface area contributed by atoms with Crippen molar-refractivity contribution < 1.29 is 5.11 Å². The predicted octanol–water partition coefficient (Wildman–Crippen LogP) is 0.195. The van der Waals surface area contributed by atoms with Crippen molar-refractivity contribution in [3.8, 4) is 0 Å². The summed E-state index contributed by atoms with van der Waals surface area (Å²) in [7, 11) is 0. The molecule has 2 rings (SSSR count). The fraction of sp³-hybridized carbons (Fsp3) is 1.00. The third kappa shape index (κ3) is 2.93. The Morgan fingerprint density at radius 1 is 1.54 bits per heavy atom. The van der Waals surface area contributed by atoms with Gasteiger partial charge in [0.05, 0.1) is 5.60 Å². The highest BCUT2D eigenvalue weighted by Gasteiger charge is 2.31. The summed E-state index contributed by atoms with van der Waals surface area (Å²) in [5.41, 5.74) is -0.431. The first-order valence-corrected chi connectivity index (χ1v) is 5.34. The van der Waals surface area contributed by atoms with Gasteiger partial charge >= 0.3 is 0 Å². The maximum atomic E-state index is 9.72. The van der Waals surface area contributed by atoms with Crippen LogP contribution in [0.2, 0.25) is 0 Å². The van der Waals surface area contributed by atoms with Gasteiger partial charge in [0.2, 0.25) is 0 Å². The Morgan fingerprint density at radius 2 is 2.31 bits per heavy atom. The molecule has 2 aliphatic rings. The van der Waals surface area contributed by atoms with Gasteiger partial charge in [-0.2, -0.15) is 0 Å². The van der Waals surface area contributed by atoms with E-state index < -0.39 is 5.60 Å². The summed E-state index contributed by atoms with van der Waals surface area (Å²) in [6.07, 6.45) is 3.64. The Hall–Kier alpha value is -0.120. The molecule has 2 N–H and O–H groups in total. The first kappa shape index (κ1) is 9.44. The van der Waals surface area contributed by atoms with E-state index in [1.807, 2.05) is 6.92 Å². The summed E-state index contributed by atoms with van der Waals surface area (Å²) in [5.74, 6) is 0. The third-order valence-electron chi connectivity index (χ3n) is 2.97. The third-order valence-corrected chi connectivity index (χ3v) is 2.97. The van der Waals surface area contributed by atoms with Crippen molar-refractivity contribution in [3.63, 3.8) is 0 Å². The van der Waals surface area contributed by atoms with Crippen molar-refractivity contribution >= 4 is 0 Å². The molecule has 0 bridgehead atoms. The van der Waals surface area contributed by atoms with Gasteiger partial charge in [0.25, 0.3) is 0 Å². The molecule has 0 spiro atoms. The number of rotatable bonds is 4. The Bertz CT molecular complexity index is 178. The zero-order valence-corrected chi connectivity index (χ0v) is 8.42. The largest absolute Gasteiger partial charge is 0.389 e. The number of β-amino-alcohol motifs (C(OH)–C–C–N with tert-alkyl or cyclic N) is 1. The molecule has 1 saturated carbocycles. The van der Waals surface area contributed by atoms with Crippen molar-refractivity contribution in [2.24, 2.45) is 0 Å². The number of nitrogens with zero attached hydrogens (tertiary/aromatic N) is 1. The van der Waals surface area contributed by atoms with Crippen LogP contribution in [0, 0.1) is 0 Å². The highest BCUT2D eigenvalue weighted by molar-refractivity contribution is 4.87. The number of aliphatic hydroxyl groups is 1. The molecule has 76 valence electrons. The zero-order chi connectivity index (χ0) is 9.31. The second-order valence-corrected chi connectivity index (χ2v) is 4.75. The topological polar surface area (TPSA) is 35.5 Å². The molecule has 0 aromatic heterocycles. The lowest BCUT2D eigenvalue weighted by Gasteiger charge is -2.18. The molecule has 1 heterocycles. The van der Waals surface area contributed by atoms with Gasteiger partial charge in [0.1, 0.15) is 0 Å². The first-order chi connectivity index (χ1) is 6.16. The van der Waals surface area contributed by atoms with Gasteiger partial charge < -0.3 is 10.4 Å². The van der Waals surface area contributed by atoms with Gasteiger partial charge in [-0.3, -0.25) is 4.90 Å². The molecule has 0 aromatic carbocycles. The van der Waals surface area contributed by atoms with Crippen LogP contribution < -0.4 is 5.32 Å². The van der Waals surface area contributed by atoms with Gasteiger partial charge in [0, 0.05) is 32.2 Å². The van der Waals surface area contributed by atoms with Crippen LogP contribution >= 0.6 is 0 Å². The van der Waals surface area contributed by atoms with Gasteiger partial charge in [-0.25, -0.2) is 0 Å². The minimum Gasteiger partial charge on any atom is -0.389 e. The Labute approximate surface area is 80.1 Å². The van der Waals surface area contributed by atoms with Crippen LogP contribution in [0.15, 0.2) is 0 Å². The summed E-state index contributed by atoms with van der Waals surface area (Å²) >= 11 is 0. The predicted molar refractivity (Wildman–Crippen MR) is 52.7 cm³/mol. The van der Waals surface area contributed by atoms with E-state index in [1.54, 1.807) is 0 Å². The fourth-order valence-corrected chi connectivity index (χ4v) is 1.94. The second kappa shape index (κ2) is 3.56. The van der Waals surface area contributed by atoms with E-state index in [-0.39, 0.29) is 0 Å². The van der Waals surface area contributed by atoms with E-state index in [2.05, 4.69) is 10.2 Å². The van der Waals surface area contributed by atoms with Crippen LogP contribution in [0.4, 0.5) is 0 Å². The minimum atomic E-state index is -0.431. The van der Waals surface area contributed by atoms with Crippen molar-refractivity contribution in [3.05, 3.63) is 0 Å². The lowest BCUT2D eigenvalue weighted by atomic mass is 10.1. The lowest BCUT2D eigenvalue weighted by Crippen LogP contribution is -2.34. The fourth-order valence-electron chi connectivity index (χ4n) is 1.94. The van der Waals surface area contributed by atoms with Gasteiger partial charge in [-0.05, 0) is 26.2 Å². The van der Waals surface area contributed by atoms with E-state index >= 15 is 0 Å². The molecule has 1 aliphatic carbocycles. The SMILES string of the molecule is CC1(O)CCN(CCNC2CC2)C1. The normalized spacial score (nSPS) is 35.5. The van der Waals surface area contributed by atoms with E-state index in [1.165, 1.54) is 12.8 Å². The summed E-state index contributed by atoms with van der Waals surface area (Å²) in [5, 5.41) is 13.2. The molecule has 0 amide bonds. The molecular weight excluding hydrogens is 164 g/mol. The van der Waals surface area contributed by atoms with Gasteiger partial charge in [-0.15, -0.1) is 0 Å². The van der Waals surface area contributed by atoms with Crippen LogP contribution in [0.1, 0.15) is 26.2 Å². The molecule has 3 heteroatoms. The molecule has 1 unspecified atom stereocenters. The highest BCUT2D eigenvalue weighted by atomic mass is 16.3. The molecule has 3 nitrogen and oxygen atoms in total.